The third kappa shape index (κ3) is 6.14. The van der Waals surface area contributed by atoms with Gasteiger partial charge in [-0.2, -0.15) is 9.57 Å². The summed E-state index contributed by atoms with van der Waals surface area (Å²) in [5.74, 6) is 0.137. The molecule has 2 aromatic rings. The highest BCUT2D eigenvalue weighted by Gasteiger charge is 2.29. The Morgan fingerprint density at radius 3 is 2.69 bits per heavy atom. The SMILES string of the molecule is N#CCCNC(=O)CN(CCOc1ccc2c(c1)CCC2)S(=O)(=O)c1ccc(Cl)cc1Cl. The number of benzene rings is 2. The third-order valence-electron chi connectivity index (χ3n) is 5.07. The number of aryl methyl sites for hydroxylation is 2. The van der Waals surface area contributed by atoms with Crippen LogP contribution in [-0.2, 0) is 27.7 Å². The molecule has 0 atom stereocenters. The minimum absolute atomic E-state index is 0.0353. The number of hydrogen-bond donors (Lipinski definition) is 1. The molecule has 0 aliphatic heterocycles. The number of amides is 1. The van der Waals surface area contributed by atoms with Crippen LogP contribution in [0.4, 0.5) is 0 Å². The summed E-state index contributed by atoms with van der Waals surface area (Å²) in [6, 6.07) is 11.9. The minimum Gasteiger partial charge on any atom is -0.492 e. The smallest absolute Gasteiger partial charge is 0.245 e. The van der Waals surface area contributed by atoms with Gasteiger partial charge in [0.2, 0.25) is 15.9 Å². The Balaban J connectivity index is 1.74. The van der Waals surface area contributed by atoms with E-state index in [2.05, 4.69) is 5.32 Å². The molecular weight excluding hydrogens is 473 g/mol. The summed E-state index contributed by atoms with van der Waals surface area (Å²) in [6.07, 6.45) is 3.31. The van der Waals surface area contributed by atoms with E-state index in [0.29, 0.717) is 10.8 Å². The lowest BCUT2D eigenvalue weighted by molar-refractivity contribution is -0.121. The topological polar surface area (TPSA) is 99.5 Å². The van der Waals surface area contributed by atoms with E-state index in [-0.39, 0.29) is 36.0 Å². The molecule has 170 valence electrons. The molecule has 0 heterocycles. The van der Waals surface area contributed by atoms with E-state index in [1.54, 1.807) is 0 Å². The van der Waals surface area contributed by atoms with Crippen molar-refractivity contribution in [3.63, 3.8) is 0 Å². The standard InChI is InChI=1S/C22H23Cl2N3O4S/c23-18-6-8-21(20(24)14-18)32(29,30)27(15-22(28)26-10-2-9-25)11-12-31-19-7-5-16-3-1-4-17(16)13-19/h5-8,13-14H,1-4,10-12,15H2,(H,26,28). The van der Waals surface area contributed by atoms with Gasteiger partial charge in [-0.05, 0) is 60.7 Å². The molecule has 32 heavy (non-hydrogen) atoms. The first-order valence-corrected chi connectivity index (χ1v) is 12.3. The molecule has 7 nitrogen and oxygen atoms in total. The van der Waals surface area contributed by atoms with Crippen LogP contribution in [-0.4, -0.2) is 44.9 Å². The predicted molar refractivity (Wildman–Crippen MR) is 122 cm³/mol. The number of carbonyl (C=O) groups excluding carboxylic acids is 1. The average Bonchev–Trinajstić information content (AvgIpc) is 3.21. The number of nitriles is 1. The van der Waals surface area contributed by atoms with Gasteiger partial charge in [-0.1, -0.05) is 29.3 Å². The Kier molecular flexibility index (Phi) is 8.38. The van der Waals surface area contributed by atoms with Crippen molar-refractivity contribution in [1.29, 1.82) is 5.26 Å². The highest BCUT2D eigenvalue weighted by atomic mass is 35.5. The molecule has 1 aliphatic carbocycles. The maximum Gasteiger partial charge on any atom is 0.245 e. The summed E-state index contributed by atoms with van der Waals surface area (Å²) < 4.78 is 33.3. The van der Waals surface area contributed by atoms with Gasteiger partial charge in [-0.3, -0.25) is 4.79 Å². The zero-order chi connectivity index (χ0) is 23.1. The second-order valence-electron chi connectivity index (χ2n) is 7.30. The van der Waals surface area contributed by atoms with E-state index < -0.39 is 22.5 Å². The second-order valence-corrected chi connectivity index (χ2v) is 10.1. The molecule has 0 saturated carbocycles. The summed E-state index contributed by atoms with van der Waals surface area (Å²) in [7, 11) is -4.10. The quantitative estimate of drug-likeness (QED) is 0.507. The highest BCUT2D eigenvalue weighted by Crippen LogP contribution is 2.28. The van der Waals surface area contributed by atoms with Gasteiger partial charge in [0.05, 0.1) is 24.1 Å². The molecule has 0 bridgehead atoms. The number of sulfonamides is 1. The van der Waals surface area contributed by atoms with Crippen LogP contribution < -0.4 is 10.1 Å². The molecule has 1 amide bonds. The lowest BCUT2D eigenvalue weighted by atomic mass is 10.1. The van der Waals surface area contributed by atoms with Crippen molar-refractivity contribution in [2.45, 2.75) is 30.6 Å². The Hall–Kier alpha value is -2.31. The minimum atomic E-state index is -4.10. The molecule has 0 saturated heterocycles. The van der Waals surface area contributed by atoms with Crippen molar-refractivity contribution in [1.82, 2.24) is 9.62 Å². The molecule has 1 N–H and O–H groups in total. The van der Waals surface area contributed by atoms with Gasteiger partial charge in [0.1, 0.15) is 17.3 Å². The largest absolute Gasteiger partial charge is 0.492 e. The molecular formula is C22H23Cl2N3O4S. The number of rotatable bonds is 10. The predicted octanol–water partition coefficient (Wildman–Crippen LogP) is 3.58. The fraction of sp³-hybridized carbons (Fsp3) is 0.364. The second kappa shape index (κ2) is 11.0. The molecule has 2 aromatic carbocycles. The third-order valence-corrected chi connectivity index (χ3v) is 7.63. The lowest BCUT2D eigenvalue weighted by Gasteiger charge is -2.22. The fourth-order valence-electron chi connectivity index (χ4n) is 3.48. The number of carbonyl (C=O) groups is 1. The van der Waals surface area contributed by atoms with E-state index in [0.717, 1.165) is 23.6 Å². The Bertz CT molecular complexity index is 1130. The normalized spacial score (nSPS) is 12.9. The average molecular weight is 496 g/mol. The number of hydrogen-bond acceptors (Lipinski definition) is 5. The first-order valence-electron chi connectivity index (χ1n) is 10.1. The van der Waals surface area contributed by atoms with Gasteiger partial charge in [-0.25, -0.2) is 8.42 Å². The molecule has 0 aromatic heterocycles. The van der Waals surface area contributed by atoms with E-state index in [9.17, 15) is 13.2 Å². The van der Waals surface area contributed by atoms with Crippen LogP contribution >= 0.6 is 23.2 Å². The molecule has 3 rings (SSSR count). The number of ether oxygens (including phenoxy) is 1. The first-order chi connectivity index (χ1) is 15.3. The maximum absolute atomic E-state index is 13.2. The molecule has 0 fully saturated rings. The summed E-state index contributed by atoms with van der Waals surface area (Å²) in [6.45, 7) is -0.310. The Morgan fingerprint density at radius 2 is 1.94 bits per heavy atom. The molecule has 0 radical (unpaired) electrons. The van der Waals surface area contributed by atoms with Crippen molar-refractivity contribution in [2.24, 2.45) is 0 Å². The molecule has 0 unspecified atom stereocenters. The van der Waals surface area contributed by atoms with Crippen molar-refractivity contribution in [2.75, 3.05) is 26.2 Å². The van der Waals surface area contributed by atoms with E-state index in [1.165, 1.54) is 29.3 Å². The van der Waals surface area contributed by atoms with E-state index >= 15 is 0 Å². The van der Waals surface area contributed by atoms with Crippen molar-refractivity contribution >= 4 is 39.1 Å². The number of fused-ring (bicyclic) bond motifs is 1. The van der Waals surface area contributed by atoms with Crippen molar-refractivity contribution < 1.29 is 17.9 Å². The number of nitrogens with one attached hydrogen (secondary N) is 1. The molecule has 1 aliphatic rings. The zero-order valence-electron chi connectivity index (χ0n) is 17.3. The van der Waals surface area contributed by atoms with Crippen molar-refractivity contribution in [3.05, 3.63) is 57.6 Å². The van der Waals surface area contributed by atoms with Gasteiger partial charge in [-0.15, -0.1) is 0 Å². The number of halogens is 2. The van der Waals surface area contributed by atoms with E-state index in [1.807, 2.05) is 24.3 Å². The van der Waals surface area contributed by atoms with Crippen LogP contribution in [0.5, 0.6) is 5.75 Å². The molecule has 10 heteroatoms. The Labute approximate surface area is 197 Å². The summed E-state index contributed by atoms with van der Waals surface area (Å²) >= 11 is 12.0. The monoisotopic (exact) mass is 495 g/mol. The summed E-state index contributed by atoms with van der Waals surface area (Å²) in [5, 5.41) is 11.4. The van der Waals surface area contributed by atoms with Gasteiger partial charge < -0.3 is 10.1 Å². The van der Waals surface area contributed by atoms with E-state index in [4.69, 9.17) is 33.2 Å². The molecule has 0 spiro atoms. The number of nitrogens with zero attached hydrogens (tertiary/aromatic N) is 2. The highest BCUT2D eigenvalue weighted by molar-refractivity contribution is 7.89. The fourth-order valence-corrected chi connectivity index (χ4v) is 5.61. The van der Waals surface area contributed by atoms with Crippen LogP contribution in [0, 0.1) is 11.3 Å². The van der Waals surface area contributed by atoms with Crippen LogP contribution in [0.15, 0.2) is 41.3 Å². The van der Waals surface area contributed by atoms with Crippen LogP contribution in [0.1, 0.15) is 24.0 Å². The Morgan fingerprint density at radius 1 is 1.16 bits per heavy atom. The van der Waals surface area contributed by atoms with Crippen molar-refractivity contribution in [3.8, 4) is 11.8 Å². The van der Waals surface area contributed by atoms with Crippen LogP contribution in [0.25, 0.3) is 0 Å². The van der Waals surface area contributed by atoms with Gasteiger partial charge in [0.25, 0.3) is 0 Å². The van der Waals surface area contributed by atoms with Gasteiger partial charge in [0, 0.05) is 18.1 Å². The summed E-state index contributed by atoms with van der Waals surface area (Å²) in [5.41, 5.74) is 2.56. The van der Waals surface area contributed by atoms with Crippen LogP contribution in [0.3, 0.4) is 0 Å². The van der Waals surface area contributed by atoms with Crippen LogP contribution in [0.2, 0.25) is 10.0 Å². The van der Waals surface area contributed by atoms with Gasteiger partial charge >= 0.3 is 0 Å². The van der Waals surface area contributed by atoms with Gasteiger partial charge in [0.15, 0.2) is 0 Å². The first kappa shape index (κ1) is 24.3. The summed E-state index contributed by atoms with van der Waals surface area (Å²) in [4.78, 5) is 12.1. The lowest BCUT2D eigenvalue weighted by Crippen LogP contribution is -2.42. The zero-order valence-corrected chi connectivity index (χ0v) is 19.6. The maximum atomic E-state index is 13.2.